The molecule has 0 spiro atoms. The smallest absolute Gasteiger partial charge is 0.337 e. The maximum absolute atomic E-state index is 10.6. The Kier molecular flexibility index (Phi) is 2.26. The molecule has 1 saturated heterocycles. The Morgan fingerprint density at radius 1 is 1.64 bits per heavy atom. The van der Waals surface area contributed by atoms with Gasteiger partial charge in [0, 0.05) is 12.4 Å². The normalized spacial score (nSPS) is 26.6. The van der Waals surface area contributed by atoms with Gasteiger partial charge in [-0.25, -0.2) is 4.79 Å². The van der Waals surface area contributed by atoms with E-state index in [0.717, 1.165) is 0 Å². The van der Waals surface area contributed by atoms with Crippen LogP contribution in [0.5, 0.6) is 0 Å². The number of carboxylic acid groups (broad SMARTS) is 1. The van der Waals surface area contributed by atoms with Crippen molar-refractivity contribution in [2.45, 2.75) is 12.1 Å². The van der Waals surface area contributed by atoms with Gasteiger partial charge in [0.05, 0.1) is 30.9 Å². The van der Waals surface area contributed by atoms with Crippen molar-refractivity contribution in [3.63, 3.8) is 0 Å². The molecule has 0 amide bonds. The fraction of sp³-hybridized carbons (Fsp3) is 0.444. The van der Waals surface area contributed by atoms with Crippen molar-refractivity contribution in [2.24, 2.45) is 5.73 Å². The molecule has 0 radical (unpaired) electrons. The Hall–Kier alpha value is -1.33. The molecule has 76 valence electrons. The molecule has 2 heterocycles. The SMILES string of the molecule is NC1COCC1n1ccc(C(=O)O)c1. The molecule has 1 aromatic rings. The van der Waals surface area contributed by atoms with E-state index in [2.05, 4.69) is 0 Å². The molecule has 0 bridgehead atoms. The molecule has 2 unspecified atom stereocenters. The van der Waals surface area contributed by atoms with Crippen molar-refractivity contribution in [1.82, 2.24) is 4.57 Å². The summed E-state index contributed by atoms with van der Waals surface area (Å²) in [6, 6.07) is 1.57. The Bertz CT molecular complexity index is 348. The van der Waals surface area contributed by atoms with E-state index >= 15 is 0 Å². The third-order valence-electron chi connectivity index (χ3n) is 2.44. The van der Waals surface area contributed by atoms with E-state index in [0.29, 0.717) is 13.2 Å². The van der Waals surface area contributed by atoms with Crippen molar-refractivity contribution in [1.29, 1.82) is 0 Å². The number of rotatable bonds is 2. The van der Waals surface area contributed by atoms with E-state index < -0.39 is 5.97 Å². The van der Waals surface area contributed by atoms with Crippen molar-refractivity contribution in [2.75, 3.05) is 13.2 Å². The number of carboxylic acids is 1. The molecular formula is C9H12N2O3. The van der Waals surface area contributed by atoms with Crippen LogP contribution in [0.25, 0.3) is 0 Å². The summed E-state index contributed by atoms with van der Waals surface area (Å²) in [6.07, 6.45) is 3.31. The van der Waals surface area contributed by atoms with Crippen LogP contribution in [-0.4, -0.2) is 34.9 Å². The maximum Gasteiger partial charge on any atom is 0.337 e. The van der Waals surface area contributed by atoms with Gasteiger partial charge in [0.1, 0.15) is 0 Å². The molecule has 0 aromatic carbocycles. The second-order valence-corrected chi connectivity index (χ2v) is 3.42. The van der Waals surface area contributed by atoms with E-state index in [4.69, 9.17) is 15.6 Å². The first-order valence-electron chi connectivity index (χ1n) is 4.42. The minimum atomic E-state index is -0.920. The van der Waals surface area contributed by atoms with Crippen LogP contribution in [0.4, 0.5) is 0 Å². The van der Waals surface area contributed by atoms with E-state index in [1.54, 1.807) is 23.0 Å². The quantitative estimate of drug-likeness (QED) is 0.702. The Morgan fingerprint density at radius 2 is 2.43 bits per heavy atom. The number of nitrogens with two attached hydrogens (primary N) is 1. The zero-order valence-electron chi connectivity index (χ0n) is 7.59. The Morgan fingerprint density at radius 3 is 2.93 bits per heavy atom. The molecule has 5 nitrogen and oxygen atoms in total. The van der Waals surface area contributed by atoms with Crippen LogP contribution < -0.4 is 5.73 Å². The lowest BCUT2D eigenvalue weighted by molar-refractivity contribution is 0.0696. The Labute approximate surface area is 81.1 Å². The molecule has 1 aliphatic heterocycles. The third kappa shape index (κ3) is 1.51. The van der Waals surface area contributed by atoms with Gasteiger partial charge >= 0.3 is 5.97 Å². The number of ether oxygens (including phenoxy) is 1. The van der Waals surface area contributed by atoms with Crippen molar-refractivity contribution < 1.29 is 14.6 Å². The zero-order chi connectivity index (χ0) is 10.1. The average molecular weight is 196 g/mol. The van der Waals surface area contributed by atoms with Gasteiger partial charge in [-0.3, -0.25) is 0 Å². The monoisotopic (exact) mass is 196 g/mol. The highest BCUT2D eigenvalue weighted by atomic mass is 16.5. The summed E-state index contributed by atoms with van der Waals surface area (Å²) < 4.78 is 7.01. The van der Waals surface area contributed by atoms with Gasteiger partial charge in [0.25, 0.3) is 0 Å². The molecule has 5 heteroatoms. The first kappa shape index (κ1) is 9.23. The van der Waals surface area contributed by atoms with Crippen molar-refractivity contribution in [3.8, 4) is 0 Å². The van der Waals surface area contributed by atoms with E-state index in [1.165, 1.54) is 0 Å². The van der Waals surface area contributed by atoms with Crippen LogP contribution in [0.3, 0.4) is 0 Å². The summed E-state index contributed by atoms with van der Waals surface area (Å²) in [7, 11) is 0. The highest BCUT2D eigenvalue weighted by molar-refractivity contribution is 5.87. The highest BCUT2D eigenvalue weighted by Gasteiger charge is 2.26. The number of aromatic carboxylic acids is 1. The topological polar surface area (TPSA) is 77.5 Å². The fourth-order valence-electron chi connectivity index (χ4n) is 1.61. The molecule has 1 aromatic heterocycles. The number of carbonyl (C=O) groups is 1. The lowest BCUT2D eigenvalue weighted by atomic mass is 10.2. The van der Waals surface area contributed by atoms with E-state index in [1.807, 2.05) is 0 Å². The minimum absolute atomic E-state index is 0.0518. The molecule has 0 aliphatic carbocycles. The molecule has 2 rings (SSSR count). The second kappa shape index (κ2) is 3.43. The van der Waals surface area contributed by atoms with E-state index in [-0.39, 0.29) is 17.6 Å². The molecule has 0 saturated carbocycles. The van der Waals surface area contributed by atoms with Gasteiger partial charge in [0.15, 0.2) is 0 Å². The average Bonchev–Trinajstić information content (AvgIpc) is 2.71. The number of aromatic nitrogens is 1. The van der Waals surface area contributed by atoms with E-state index in [9.17, 15) is 4.79 Å². The summed E-state index contributed by atoms with van der Waals surface area (Å²) in [5.41, 5.74) is 6.08. The van der Waals surface area contributed by atoms with Crippen LogP contribution >= 0.6 is 0 Å². The van der Waals surface area contributed by atoms with Crippen LogP contribution in [0.1, 0.15) is 16.4 Å². The summed E-state index contributed by atoms with van der Waals surface area (Å²) in [4.78, 5) is 10.6. The predicted octanol–water partition coefficient (Wildman–Crippen LogP) is 0.0849. The van der Waals surface area contributed by atoms with Crippen molar-refractivity contribution >= 4 is 5.97 Å². The summed E-state index contributed by atoms with van der Waals surface area (Å²) in [5, 5.41) is 8.73. The van der Waals surface area contributed by atoms with Gasteiger partial charge in [-0.15, -0.1) is 0 Å². The standard InChI is InChI=1S/C9H12N2O3/c10-7-4-14-5-8(7)11-2-1-6(3-11)9(12)13/h1-3,7-8H,4-5,10H2,(H,12,13). The van der Waals surface area contributed by atoms with Crippen LogP contribution in [-0.2, 0) is 4.74 Å². The van der Waals surface area contributed by atoms with Crippen LogP contribution in [0.2, 0.25) is 0 Å². The second-order valence-electron chi connectivity index (χ2n) is 3.42. The molecule has 2 atom stereocenters. The maximum atomic E-state index is 10.6. The van der Waals surface area contributed by atoms with Gasteiger partial charge in [-0.2, -0.15) is 0 Å². The number of nitrogens with zero attached hydrogens (tertiary/aromatic N) is 1. The zero-order valence-corrected chi connectivity index (χ0v) is 7.59. The van der Waals surface area contributed by atoms with Gasteiger partial charge in [0.2, 0.25) is 0 Å². The number of hydrogen-bond donors (Lipinski definition) is 2. The predicted molar refractivity (Wildman–Crippen MR) is 49.2 cm³/mol. The third-order valence-corrected chi connectivity index (χ3v) is 2.44. The fourth-order valence-corrected chi connectivity index (χ4v) is 1.61. The minimum Gasteiger partial charge on any atom is -0.478 e. The molecule has 1 aliphatic rings. The molecule has 14 heavy (non-hydrogen) atoms. The van der Waals surface area contributed by atoms with Gasteiger partial charge in [-0.05, 0) is 6.07 Å². The number of hydrogen-bond acceptors (Lipinski definition) is 3. The summed E-state index contributed by atoms with van der Waals surface area (Å²) in [6.45, 7) is 1.08. The molecule has 1 fully saturated rings. The first-order chi connectivity index (χ1) is 6.68. The highest BCUT2D eigenvalue weighted by Crippen LogP contribution is 2.19. The lowest BCUT2D eigenvalue weighted by Gasteiger charge is -2.14. The first-order valence-corrected chi connectivity index (χ1v) is 4.42. The molecular weight excluding hydrogens is 184 g/mol. The van der Waals surface area contributed by atoms with Gasteiger partial charge in [-0.1, -0.05) is 0 Å². The largest absolute Gasteiger partial charge is 0.478 e. The lowest BCUT2D eigenvalue weighted by Crippen LogP contribution is -2.30. The van der Waals surface area contributed by atoms with Crippen molar-refractivity contribution in [3.05, 3.63) is 24.0 Å². The summed E-state index contributed by atoms with van der Waals surface area (Å²) in [5.74, 6) is -0.920. The summed E-state index contributed by atoms with van der Waals surface area (Å²) >= 11 is 0. The van der Waals surface area contributed by atoms with Crippen LogP contribution in [0, 0.1) is 0 Å². The van der Waals surface area contributed by atoms with Gasteiger partial charge < -0.3 is 20.1 Å². The van der Waals surface area contributed by atoms with Crippen LogP contribution in [0.15, 0.2) is 18.5 Å². The molecule has 3 N–H and O–H groups in total. The Balaban J connectivity index is 2.20.